The molecule has 2 amide bonds. The summed E-state index contributed by atoms with van der Waals surface area (Å²) < 4.78 is 1.66. The summed E-state index contributed by atoms with van der Waals surface area (Å²) in [6.07, 6.45) is 2.11. The molecular weight excluding hydrogens is 620 g/mol. The minimum Gasteiger partial charge on any atom is -0.345 e. The van der Waals surface area contributed by atoms with E-state index in [0.29, 0.717) is 71.6 Å². The van der Waals surface area contributed by atoms with Gasteiger partial charge < -0.3 is 10.2 Å². The SMILES string of the molecule is CC[C@H](NC(=O)c1c(CN2CCC(c3ccccc3)(N(C)C(C)=O)CC2)n(-c2cccc(Cl)c2)c(=O)c2ccccc12)c1ccccc1. The third kappa shape index (κ3) is 6.40. The van der Waals surface area contributed by atoms with Crippen LogP contribution < -0.4 is 10.9 Å². The summed E-state index contributed by atoms with van der Waals surface area (Å²) in [6.45, 7) is 5.33. The van der Waals surface area contributed by atoms with Gasteiger partial charge in [0.15, 0.2) is 0 Å². The van der Waals surface area contributed by atoms with Gasteiger partial charge >= 0.3 is 0 Å². The Bertz CT molecular complexity index is 1990. The Balaban J connectivity index is 1.46. The van der Waals surface area contributed by atoms with E-state index in [4.69, 9.17) is 11.6 Å². The van der Waals surface area contributed by atoms with Crippen LogP contribution >= 0.6 is 11.6 Å². The minimum atomic E-state index is -0.455. The van der Waals surface area contributed by atoms with E-state index in [9.17, 15) is 14.4 Å². The fourth-order valence-electron chi connectivity index (χ4n) is 7.19. The van der Waals surface area contributed by atoms with Crippen LogP contribution in [-0.2, 0) is 16.9 Å². The molecule has 0 spiro atoms. The van der Waals surface area contributed by atoms with E-state index in [1.165, 1.54) is 0 Å². The predicted octanol–water partition coefficient (Wildman–Crippen LogP) is 7.49. The molecule has 1 aliphatic heterocycles. The number of pyridine rings is 1. The minimum absolute atomic E-state index is 0.0134. The molecule has 1 N–H and O–H groups in total. The Hall–Kier alpha value is -4.72. The number of fused-ring (bicyclic) bond motifs is 1. The van der Waals surface area contributed by atoms with Gasteiger partial charge in [-0.3, -0.25) is 23.9 Å². The Morgan fingerprint density at radius 1 is 0.875 bits per heavy atom. The third-order valence-corrected chi connectivity index (χ3v) is 10.1. The van der Waals surface area contributed by atoms with Crippen LogP contribution in [0.4, 0.5) is 0 Å². The van der Waals surface area contributed by atoms with Crippen LogP contribution in [0.25, 0.3) is 16.5 Å². The van der Waals surface area contributed by atoms with E-state index in [2.05, 4.69) is 29.3 Å². The van der Waals surface area contributed by atoms with Gasteiger partial charge in [-0.1, -0.05) is 103 Å². The number of likely N-dealkylation sites (tertiary alicyclic amines) is 1. The molecule has 0 radical (unpaired) electrons. The van der Waals surface area contributed by atoms with E-state index in [1.54, 1.807) is 29.7 Å². The number of halogens is 1. The normalized spacial score (nSPS) is 15.2. The van der Waals surface area contributed by atoms with Crippen LogP contribution in [0.1, 0.15) is 66.3 Å². The van der Waals surface area contributed by atoms with Crippen molar-refractivity contribution in [2.24, 2.45) is 0 Å². The van der Waals surface area contributed by atoms with E-state index in [-0.39, 0.29) is 23.4 Å². The average molecular weight is 661 g/mol. The number of hydrogen-bond acceptors (Lipinski definition) is 4. The van der Waals surface area contributed by atoms with E-state index >= 15 is 0 Å². The Labute approximate surface area is 286 Å². The quantitative estimate of drug-likeness (QED) is 0.178. The zero-order chi connectivity index (χ0) is 33.8. The standard InChI is InChI=1S/C40H41ClN4O3/c1-4-35(29-14-7-5-8-15-29)42-38(47)37-33-20-11-12-21-34(33)39(48)45(32-19-13-18-31(41)26-32)36(37)27-44-24-22-40(23-25-44,43(3)28(2)46)30-16-9-6-10-17-30/h5-21,26,35H,4,22-25,27H2,1-3H3,(H,42,47)/t35-/m0/s1. The van der Waals surface area contributed by atoms with Crippen molar-refractivity contribution in [2.45, 2.75) is 51.2 Å². The Morgan fingerprint density at radius 2 is 1.50 bits per heavy atom. The van der Waals surface area contributed by atoms with Crippen molar-refractivity contribution in [3.63, 3.8) is 0 Å². The number of rotatable bonds is 9. The first-order chi connectivity index (χ1) is 23.2. The van der Waals surface area contributed by atoms with E-state index in [0.717, 1.165) is 11.1 Å². The number of hydrogen-bond donors (Lipinski definition) is 1. The smallest absolute Gasteiger partial charge is 0.263 e. The van der Waals surface area contributed by atoms with Gasteiger partial charge in [0.1, 0.15) is 0 Å². The van der Waals surface area contributed by atoms with Gasteiger partial charge in [-0.25, -0.2) is 0 Å². The highest BCUT2D eigenvalue weighted by Crippen LogP contribution is 2.39. The molecular formula is C40H41ClN4O3. The predicted molar refractivity (Wildman–Crippen MR) is 193 cm³/mol. The van der Waals surface area contributed by atoms with Gasteiger partial charge in [0, 0.05) is 49.4 Å². The molecule has 0 bridgehead atoms. The highest BCUT2D eigenvalue weighted by atomic mass is 35.5. The number of amides is 2. The molecule has 0 unspecified atom stereocenters. The van der Waals surface area contributed by atoms with Crippen molar-refractivity contribution < 1.29 is 9.59 Å². The van der Waals surface area contributed by atoms with Crippen molar-refractivity contribution in [1.29, 1.82) is 0 Å². The lowest BCUT2D eigenvalue weighted by Gasteiger charge is -2.47. The largest absolute Gasteiger partial charge is 0.345 e. The van der Waals surface area contributed by atoms with Gasteiger partial charge in [-0.15, -0.1) is 0 Å². The number of nitrogens with zero attached hydrogens (tertiary/aromatic N) is 3. The van der Waals surface area contributed by atoms with Gasteiger partial charge in [0.2, 0.25) is 5.91 Å². The zero-order valence-electron chi connectivity index (χ0n) is 27.7. The maximum Gasteiger partial charge on any atom is 0.263 e. The molecule has 0 aliphatic carbocycles. The number of carbonyl (C=O) groups is 2. The molecule has 6 rings (SSSR count). The number of piperidine rings is 1. The molecule has 48 heavy (non-hydrogen) atoms. The van der Waals surface area contributed by atoms with Crippen LogP contribution in [0.5, 0.6) is 0 Å². The fraction of sp³-hybridized carbons (Fsp3) is 0.275. The van der Waals surface area contributed by atoms with Crippen molar-refractivity contribution in [2.75, 3.05) is 20.1 Å². The number of benzene rings is 4. The molecule has 1 aromatic heterocycles. The lowest BCUT2D eigenvalue weighted by Crippen LogP contribution is -2.53. The molecule has 1 aliphatic rings. The van der Waals surface area contributed by atoms with Crippen LogP contribution in [0.2, 0.25) is 5.02 Å². The zero-order valence-corrected chi connectivity index (χ0v) is 28.4. The molecule has 2 heterocycles. The van der Waals surface area contributed by atoms with Gasteiger partial charge in [0.25, 0.3) is 11.5 Å². The molecule has 1 fully saturated rings. The third-order valence-electron chi connectivity index (χ3n) is 9.88. The number of nitrogens with one attached hydrogen (secondary N) is 1. The molecule has 0 saturated carbocycles. The summed E-state index contributed by atoms with van der Waals surface area (Å²) in [5.41, 5.74) is 3.14. The molecule has 4 aromatic carbocycles. The second kappa shape index (κ2) is 14.2. The summed E-state index contributed by atoms with van der Waals surface area (Å²) in [4.78, 5) is 45.8. The van der Waals surface area contributed by atoms with Crippen LogP contribution in [0.15, 0.2) is 114 Å². The average Bonchev–Trinajstić information content (AvgIpc) is 3.11. The van der Waals surface area contributed by atoms with Crippen LogP contribution in [-0.4, -0.2) is 46.3 Å². The van der Waals surface area contributed by atoms with E-state index in [1.807, 2.05) is 90.8 Å². The molecule has 7 nitrogen and oxygen atoms in total. The van der Waals surface area contributed by atoms with Gasteiger partial charge in [-0.05, 0) is 54.7 Å². The van der Waals surface area contributed by atoms with E-state index < -0.39 is 5.54 Å². The summed E-state index contributed by atoms with van der Waals surface area (Å²) in [7, 11) is 1.88. The second-order valence-corrected chi connectivity index (χ2v) is 13.0. The first kappa shape index (κ1) is 33.2. The molecule has 8 heteroatoms. The maximum atomic E-state index is 14.6. The Morgan fingerprint density at radius 3 is 2.12 bits per heavy atom. The molecule has 1 atom stereocenters. The van der Waals surface area contributed by atoms with Crippen LogP contribution in [0.3, 0.4) is 0 Å². The Kier molecular flexibility index (Phi) is 9.81. The molecule has 1 saturated heterocycles. The summed E-state index contributed by atoms with van der Waals surface area (Å²) in [6, 6.07) is 34.5. The van der Waals surface area contributed by atoms with Crippen molar-refractivity contribution in [3.05, 3.63) is 147 Å². The highest BCUT2D eigenvalue weighted by Gasteiger charge is 2.41. The first-order valence-corrected chi connectivity index (χ1v) is 16.9. The molecule has 246 valence electrons. The summed E-state index contributed by atoms with van der Waals surface area (Å²) in [5.74, 6) is -0.223. The van der Waals surface area contributed by atoms with Gasteiger partial charge in [0.05, 0.1) is 28.5 Å². The first-order valence-electron chi connectivity index (χ1n) is 16.5. The number of carbonyl (C=O) groups excluding carboxylic acids is 2. The number of aromatic nitrogens is 1. The summed E-state index contributed by atoms with van der Waals surface area (Å²) >= 11 is 6.47. The van der Waals surface area contributed by atoms with Crippen molar-refractivity contribution in [1.82, 2.24) is 19.7 Å². The fourth-order valence-corrected chi connectivity index (χ4v) is 7.37. The van der Waals surface area contributed by atoms with Crippen molar-refractivity contribution in [3.8, 4) is 5.69 Å². The lowest BCUT2D eigenvalue weighted by molar-refractivity contribution is -0.136. The van der Waals surface area contributed by atoms with Crippen LogP contribution in [0, 0.1) is 0 Å². The highest BCUT2D eigenvalue weighted by molar-refractivity contribution is 6.30. The lowest BCUT2D eigenvalue weighted by atomic mass is 9.79. The van der Waals surface area contributed by atoms with Crippen molar-refractivity contribution >= 4 is 34.2 Å². The topological polar surface area (TPSA) is 74.7 Å². The summed E-state index contributed by atoms with van der Waals surface area (Å²) in [5, 5.41) is 4.87. The van der Waals surface area contributed by atoms with Gasteiger partial charge in [-0.2, -0.15) is 0 Å². The molecule has 5 aromatic rings. The monoisotopic (exact) mass is 660 g/mol. The second-order valence-electron chi connectivity index (χ2n) is 12.6. The maximum absolute atomic E-state index is 14.6.